The zero-order valence-electron chi connectivity index (χ0n) is 11.0. The summed E-state index contributed by atoms with van der Waals surface area (Å²) in [6, 6.07) is 16.4. The second kappa shape index (κ2) is 7.08. The molecule has 0 aliphatic rings. The van der Waals surface area contributed by atoms with Crippen molar-refractivity contribution in [2.24, 2.45) is 5.73 Å². The van der Waals surface area contributed by atoms with Crippen LogP contribution in [0.3, 0.4) is 0 Å². The van der Waals surface area contributed by atoms with Gasteiger partial charge in [0.15, 0.2) is 0 Å². The van der Waals surface area contributed by atoms with Crippen molar-refractivity contribution in [1.29, 1.82) is 0 Å². The summed E-state index contributed by atoms with van der Waals surface area (Å²) in [5.41, 5.74) is 7.75. The predicted octanol–water partition coefficient (Wildman–Crippen LogP) is 3.47. The summed E-state index contributed by atoms with van der Waals surface area (Å²) in [6.45, 7) is 0.209. The third-order valence-corrected chi connectivity index (χ3v) is 3.14. The summed E-state index contributed by atoms with van der Waals surface area (Å²) in [5.74, 6) is -0.318. The van der Waals surface area contributed by atoms with Gasteiger partial charge in [-0.05, 0) is 23.3 Å². The van der Waals surface area contributed by atoms with Crippen LogP contribution in [-0.4, -0.2) is 5.97 Å². The molecule has 0 fully saturated rings. The van der Waals surface area contributed by atoms with Gasteiger partial charge in [0.1, 0.15) is 6.61 Å². The van der Waals surface area contributed by atoms with Crippen LogP contribution in [0.1, 0.15) is 23.6 Å². The summed E-state index contributed by atoms with van der Waals surface area (Å²) in [7, 11) is 0. The maximum Gasteiger partial charge on any atom is 0.308 e. The maximum absolute atomic E-state index is 11.7. The molecule has 0 radical (unpaired) electrons. The van der Waals surface area contributed by atoms with Crippen LogP contribution in [0, 0.1) is 0 Å². The molecular weight excluding hydrogens is 274 g/mol. The molecule has 0 saturated carbocycles. The molecule has 3 nitrogen and oxygen atoms in total. The molecule has 0 amide bonds. The number of rotatable bonds is 5. The summed E-state index contributed by atoms with van der Waals surface area (Å²) >= 11 is 5.86. The van der Waals surface area contributed by atoms with Gasteiger partial charge in [-0.3, -0.25) is 4.79 Å². The summed E-state index contributed by atoms with van der Waals surface area (Å²) in [4.78, 5) is 11.7. The fourth-order valence-electron chi connectivity index (χ4n) is 1.85. The highest BCUT2D eigenvalue weighted by molar-refractivity contribution is 6.30. The Morgan fingerprint density at radius 3 is 2.60 bits per heavy atom. The van der Waals surface area contributed by atoms with Gasteiger partial charge in [0.05, 0.1) is 6.42 Å². The van der Waals surface area contributed by atoms with Crippen LogP contribution in [0.5, 0.6) is 0 Å². The first-order chi connectivity index (χ1) is 9.65. The lowest BCUT2D eigenvalue weighted by Crippen LogP contribution is -2.17. The van der Waals surface area contributed by atoms with Crippen molar-refractivity contribution in [2.75, 3.05) is 0 Å². The Hall–Kier alpha value is -1.84. The quantitative estimate of drug-likeness (QED) is 0.858. The minimum Gasteiger partial charge on any atom is -0.461 e. The molecule has 0 aliphatic heterocycles. The minimum absolute atomic E-state index is 0.157. The molecule has 0 aromatic heterocycles. The maximum atomic E-state index is 11.7. The highest BCUT2D eigenvalue weighted by Crippen LogP contribution is 2.15. The lowest BCUT2D eigenvalue weighted by molar-refractivity contribution is -0.145. The molecule has 0 aliphatic carbocycles. The second-order valence-electron chi connectivity index (χ2n) is 4.51. The largest absolute Gasteiger partial charge is 0.461 e. The molecular formula is C16H16ClNO2. The van der Waals surface area contributed by atoms with Crippen LogP contribution in [0.4, 0.5) is 0 Å². The normalized spacial score (nSPS) is 11.9. The van der Waals surface area contributed by atoms with Gasteiger partial charge in [0.25, 0.3) is 0 Å². The fourth-order valence-corrected chi connectivity index (χ4v) is 2.06. The van der Waals surface area contributed by atoms with E-state index < -0.39 is 0 Å². The number of hydrogen-bond acceptors (Lipinski definition) is 3. The lowest BCUT2D eigenvalue weighted by atomic mass is 10.1. The first-order valence-corrected chi connectivity index (χ1v) is 6.73. The molecule has 0 saturated heterocycles. The Morgan fingerprint density at radius 2 is 1.90 bits per heavy atom. The molecule has 0 bridgehead atoms. The van der Waals surface area contributed by atoms with E-state index in [1.807, 2.05) is 42.5 Å². The Balaban J connectivity index is 1.84. The van der Waals surface area contributed by atoms with Crippen molar-refractivity contribution in [2.45, 2.75) is 19.1 Å². The van der Waals surface area contributed by atoms with Crippen LogP contribution in [0.2, 0.25) is 5.02 Å². The van der Waals surface area contributed by atoms with E-state index in [-0.39, 0.29) is 25.0 Å². The smallest absolute Gasteiger partial charge is 0.308 e. The van der Waals surface area contributed by atoms with Crippen molar-refractivity contribution >= 4 is 17.6 Å². The average molecular weight is 290 g/mol. The third-order valence-electron chi connectivity index (χ3n) is 2.90. The summed E-state index contributed by atoms with van der Waals surface area (Å²) < 4.78 is 5.20. The van der Waals surface area contributed by atoms with Gasteiger partial charge in [-0.1, -0.05) is 54.1 Å². The molecule has 0 spiro atoms. The van der Waals surface area contributed by atoms with Gasteiger partial charge in [-0.2, -0.15) is 0 Å². The van der Waals surface area contributed by atoms with Crippen molar-refractivity contribution in [3.05, 3.63) is 70.7 Å². The van der Waals surface area contributed by atoms with E-state index in [0.717, 1.165) is 11.1 Å². The van der Waals surface area contributed by atoms with Gasteiger partial charge in [0.2, 0.25) is 0 Å². The van der Waals surface area contributed by atoms with E-state index >= 15 is 0 Å². The van der Waals surface area contributed by atoms with Gasteiger partial charge in [-0.15, -0.1) is 0 Å². The Labute approximate surface area is 123 Å². The molecule has 104 valence electrons. The molecule has 2 rings (SSSR count). The number of carbonyl (C=O) groups is 1. The highest BCUT2D eigenvalue weighted by atomic mass is 35.5. The molecule has 1 atom stereocenters. The Kier molecular flexibility index (Phi) is 5.16. The van der Waals surface area contributed by atoms with Gasteiger partial charge >= 0.3 is 5.97 Å². The van der Waals surface area contributed by atoms with E-state index in [1.165, 1.54) is 0 Å². The third kappa shape index (κ3) is 4.37. The lowest BCUT2D eigenvalue weighted by Gasteiger charge is -2.11. The number of ether oxygens (including phenoxy) is 1. The van der Waals surface area contributed by atoms with Gasteiger partial charge in [-0.25, -0.2) is 0 Å². The van der Waals surface area contributed by atoms with E-state index in [1.54, 1.807) is 12.1 Å². The fraction of sp³-hybridized carbons (Fsp3) is 0.188. The van der Waals surface area contributed by atoms with Crippen LogP contribution in [-0.2, 0) is 16.1 Å². The average Bonchev–Trinajstić information content (AvgIpc) is 2.46. The predicted molar refractivity (Wildman–Crippen MR) is 79.2 cm³/mol. The number of hydrogen-bond donors (Lipinski definition) is 1. The minimum atomic E-state index is -0.344. The number of halogens is 1. The number of benzene rings is 2. The van der Waals surface area contributed by atoms with E-state index in [9.17, 15) is 4.79 Å². The molecule has 0 heterocycles. The first kappa shape index (κ1) is 14.6. The summed E-state index contributed by atoms with van der Waals surface area (Å²) in [5, 5.41) is 0.625. The van der Waals surface area contributed by atoms with Gasteiger partial charge in [0, 0.05) is 11.1 Å². The Morgan fingerprint density at radius 1 is 1.15 bits per heavy atom. The first-order valence-electron chi connectivity index (χ1n) is 6.36. The number of esters is 1. The van der Waals surface area contributed by atoms with Gasteiger partial charge < -0.3 is 10.5 Å². The molecule has 1 unspecified atom stereocenters. The standard InChI is InChI=1S/C16H16ClNO2/c17-14-8-4-5-12(9-14)11-20-16(19)10-15(18)13-6-2-1-3-7-13/h1-9,15H,10-11,18H2. The monoisotopic (exact) mass is 289 g/mol. The molecule has 2 aromatic carbocycles. The Bertz CT molecular complexity index is 572. The SMILES string of the molecule is NC(CC(=O)OCc1cccc(Cl)c1)c1ccccc1. The van der Waals surface area contributed by atoms with Crippen molar-refractivity contribution < 1.29 is 9.53 Å². The number of nitrogens with two attached hydrogens (primary N) is 1. The zero-order valence-corrected chi connectivity index (χ0v) is 11.7. The van der Waals surface area contributed by atoms with E-state index in [2.05, 4.69) is 0 Å². The topological polar surface area (TPSA) is 52.3 Å². The zero-order chi connectivity index (χ0) is 14.4. The van der Waals surface area contributed by atoms with E-state index in [4.69, 9.17) is 22.1 Å². The molecule has 2 aromatic rings. The van der Waals surface area contributed by atoms with Crippen LogP contribution >= 0.6 is 11.6 Å². The van der Waals surface area contributed by atoms with Crippen LogP contribution in [0.25, 0.3) is 0 Å². The molecule has 20 heavy (non-hydrogen) atoms. The number of carbonyl (C=O) groups excluding carboxylic acids is 1. The summed E-state index contributed by atoms with van der Waals surface area (Å²) in [6.07, 6.45) is 0.157. The van der Waals surface area contributed by atoms with Crippen molar-refractivity contribution in [1.82, 2.24) is 0 Å². The molecule has 4 heteroatoms. The van der Waals surface area contributed by atoms with Crippen LogP contribution in [0.15, 0.2) is 54.6 Å². The van der Waals surface area contributed by atoms with Crippen LogP contribution < -0.4 is 5.73 Å². The molecule has 2 N–H and O–H groups in total. The van der Waals surface area contributed by atoms with Crippen molar-refractivity contribution in [3.63, 3.8) is 0 Å². The highest BCUT2D eigenvalue weighted by Gasteiger charge is 2.12. The van der Waals surface area contributed by atoms with Crippen molar-refractivity contribution in [3.8, 4) is 0 Å². The second-order valence-corrected chi connectivity index (χ2v) is 4.95. The van der Waals surface area contributed by atoms with E-state index in [0.29, 0.717) is 5.02 Å².